The van der Waals surface area contributed by atoms with E-state index in [9.17, 15) is 14.7 Å². The third-order valence-corrected chi connectivity index (χ3v) is 4.66. The van der Waals surface area contributed by atoms with Crippen LogP contribution in [0.4, 0.5) is 5.69 Å². The molecule has 1 aliphatic heterocycles. The summed E-state index contributed by atoms with van der Waals surface area (Å²) in [7, 11) is 0. The van der Waals surface area contributed by atoms with Gasteiger partial charge in [0.25, 0.3) is 5.91 Å². The molecule has 1 unspecified atom stereocenters. The Morgan fingerprint density at radius 1 is 1.22 bits per heavy atom. The number of nitrogens with zero attached hydrogens (tertiary/aromatic N) is 2. The maximum atomic E-state index is 13.0. The molecule has 1 amide bonds. The highest BCUT2D eigenvalue weighted by Crippen LogP contribution is 2.32. The number of aliphatic carboxylic acids is 1. The average Bonchev–Trinajstić information content (AvgIpc) is 2.75. The van der Waals surface area contributed by atoms with Crippen LogP contribution in [-0.2, 0) is 9.59 Å². The molecule has 7 heteroatoms. The molecule has 0 radical (unpaired) electrons. The van der Waals surface area contributed by atoms with Crippen molar-refractivity contribution in [3.63, 3.8) is 0 Å². The molecule has 0 spiro atoms. The fourth-order valence-electron chi connectivity index (χ4n) is 3.14. The fourth-order valence-corrected chi connectivity index (χ4v) is 3.31. The van der Waals surface area contributed by atoms with E-state index in [1.165, 1.54) is 0 Å². The predicted octanol–water partition coefficient (Wildman–Crippen LogP) is 3.48. The van der Waals surface area contributed by atoms with Gasteiger partial charge in [0.05, 0.1) is 11.4 Å². The number of hydrogen-bond acceptors (Lipinski definition) is 4. The minimum Gasteiger partial charge on any atom is -0.508 e. The molecule has 0 saturated carbocycles. The van der Waals surface area contributed by atoms with E-state index < -0.39 is 12.0 Å². The first-order valence-electron chi connectivity index (χ1n) is 8.61. The van der Waals surface area contributed by atoms with E-state index in [1.54, 1.807) is 47.4 Å². The molecule has 3 rings (SSSR count). The van der Waals surface area contributed by atoms with Crippen LogP contribution in [0.15, 0.2) is 47.5 Å². The van der Waals surface area contributed by atoms with Gasteiger partial charge in [-0.3, -0.25) is 14.6 Å². The number of fused-ring (bicyclic) bond motifs is 1. The van der Waals surface area contributed by atoms with Crippen molar-refractivity contribution in [1.29, 1.82) is 0 Å². The zero-order valence-electron chi connectivity index (χ0n) is 14.7. The summed E-state index contributed by atoms with van der Waals surface area (Å²) in [5, 5.41) is 19.1. The van der Waals surface area contributed by atoms with Gasteiger partial charge in [0.2, 0.25) is 0 Å². The topological polar surface area (TPSA) is 90.2 Å². The van der Waals surface area contributed by atoms with Crippen LogP contribution in [0.2, 0.25) is 5.02 Å². The second kappa shape index (κ2) is 7.80. The summed E-state index contributed by atoms with van der Waals surface area (Å²) in [4.78, 5) is 30.3. The number of phenolic OH excluding ortho intramolecular Hbond substituents is 1. The summed E-state index contributed by atoms with van der Waals surface area (Å²) in [5.41, 5.74) is 2.63. The van der Waals surface area contributed by atoms with E-state index in [-0.39, 0.29) is 24.5 Å². The van der Waals surface area contributed by atoms with Crippen molar-refractivity contribution < 1.29 is 19.8 Å². The fraction of sp³-hybridized carbons (Fsp3) is 0.250. The van der Waals surface area contributed by atoms with Crippen molar-refractivity contribution in [1.82, 2.24) is 0 Å². The van der Waals surface area contributed by atoms with Gasteiger partial charge in [-0.1, -0.05) is 11.6 Å². The number of aromatic hydroxyl groups is 1. The number of anilines is 1. The third-order valence-electron chi connectivity index (χ3n) is 4.43. The average molecular weight is 387 g/mol. The van der Waals surface area contributed by atoms with Gasteiger partial charge in [-0.05, 0) is 55.8 Å². The quantitative estimate of drug-likeness (QED) is 0.823. The van der Waals surface area contributed by atoms with Crippen molar-refractivity contribution in [2.24, 2.45) is 4.99 Å². The largest absolute Gasteiger partial charge is 0.508 e. The molecular formula is C20H19ClN2O4. The van der Waals surface area contributed by atoms with Crippen molar-refractivity contribution in [2.45, 2.75) is 25.8 Å². The molecule has 140 valence electrons. The van der Waals surface area contributed by atoms with Crippen LogP contribution < -0.4 is 4.90 Å². The first-order chi connectivity index (χ1) is 12.9. The molecule has 0 aliphatic carbocycles. The molecule has 0 aromatic heterocycles. The molecule has 1 aliphatic rings. The number of benzene rings is 2. The minimum absolute atomic E-state index is 0.105. The minimum atomic E-state index is -0.975. The molecule has 6 nitrogen and oxygen atoms in total. The second-order valence-corrected chi connectivity index (χ2v) is 6.65. The van der Waals surface area contributed by atoms with Gasteiger partial charge in [0.15, 0.2) is 0 Å². The highest BCUT2D eigenvalue weighted by molar-refractivity contribution is 6.32. The number of phenols is 1. The van der Waals surface area contributed by atoms with Crippen molar-refractivity contribution >= 4 is 34.9 Å². The summed E-state index contributed by atoms with van der Waals surface area (Å²) >= 11 is 6.20. The van der Waals surface area contributed by atoms with Gasteiger partial charge in [-0.25, -0.2) is 0 Å². The summed E-state index contributed by atoms with van der Waals surface area (Å²) in [6, 6.07) is 10.9. The number of halogens is 1. The molecule has 27 heavy (non-hydrogen) atoms. The summed E-state index contributed by atoms with van der Waals surface area (Å²) in [6.45, 7) is 2.28. The van der Waals surface area contributed by atoms with E-state index in [2.05, 4.69) is 4.99 Å². The van der Waals surface area contributed by atoms with Crippen LogP contribution in [-0.4, -0.2) is 40.4 Å². The lowest BCUT2D eigenvalue weighted by atomic mass is 10.00. The Bertz CT molecular complexity index is 909. The molecule has 0 saturated heterocycles. The molecule has 2 N–H and O–H groups in total. The van der Waals surface area contributed by atoms with Crippen molar-refractivity contribution in [3.05, 3.63) is 58.6 Å². The van der Waals surface area contributed by atoms with Crippen LogP contribution in [0.25, 0.3) is 0 Å². The van der Waals surface area contributed by atoms with E-state index >= 15 is 0 Å². The van der Waals surface area contributed by atoms with Gasteiger partial charge in [-0.2, -0.15) is 0 Å². The van der Waals surface area contributed by atoms with Crippen LogP contribution in [0.5, 0.6) is 5.75 Å². The Morgan fingerprint density at radius 3 is 2.56 bits per heavy atom. The van der Waals surface area contributed by atoms with Crippen molar-refractivity contribution in [2.75, 3.05) is 11.4 Å². The van der Waals surface area contributed by atoms with Crippen LogP contribution in [0.3, 0.4) is 0 Å². The number of carboxylic acids is 1. The Morgan fingerprint density at radius 2 is 1.93 bits per heavy atom. The SMILES string of the molecule is CCN1C(=O)C(CCC(=O)O)N=C(c2ccc(O)cc2)c2cc(Cl)ccc21. The van der Waals surface area contributed by atoms with Crippen LogP contribution in [0, 0.1) is 0 Å². The van der Waals surface area contributed by atoms with E-state index in [4.69, 9.17) is 16.7 Å². The Balaban J connectivity index is 2.19. The first-order valence-corrected chi connectivity index (χ1v) is 8.98. The number of likely N-dealkylation sites (N-methyl/N-ethyl adjacent to an activating group) is 1. The highest BCUT2D eigenvalue weighted by atomic mass is 35.5. The summed E-state index contributed by atoms with van der Waals surface area (Å²) in [6.07, 6.45) is -0.0502. The second-order valence-electron chi connectivity index (χ2n) is 6.22. The normalized spacial score (nSPS) is 16.5. The third kappa shape index (κ3) is 3.95. The Labute approximate surface area is 161 Å². The molecule has 0 bridgehead atoms. The standard InChI is InChI=1S/C20H19ClN2O4/c1-2-23-17-9-5-13(21)11-15(17)19(12-3-6-14(24)7-4-12)22-16(20(23)27)8-10-18(25)26/h3-7,9,11,16,24H,2,8,10H2,1H3,(H,25,26). The zero-order valence-corrected chi connectivity index (χ0v) is 15.5. The monoisotopic (exact) mass is 386 g/mol. The molecule has 2 aromatic rings. The molecule has 1 atom stereocenters. The summed E-state index contributed by atoms with van der Waals surface area (Å²) in [5.74, 6) is -1.10. The molecule has 1 heterocycles. The number of carbonyl (C=O) groups is 2. The number of benzodiazepines with no additional fused rings is 1. The van der Waals surface area contributed by atoms with E-state index in [0.717, 1.165) is 0 Å². The maximum absolute atomic E-state index is 13.0. The first kappa shape index (κ1) is 18.9. The number of hydrogen-bond donors (Lipinski definition) is 2. The van der Waals surface area contributed by atoms with Gasteiger partial charge < -0.3 is 15.1 Å². The Kier molecular flexibility index (Phi) is 5.46. The molecular weight excluding hydrogens is 368 g/mol. The molecule has 2 aromatic carbocycles. The van der Waals surface area contributed by atoms with Gasteiger partial charge in [-0.15, -0.1) is 0 Å². The predicted molar refractivity (Wildman–Crippen MR) is 104 cm³/mol. The number of amides is 1. The zero-order chi connectivity index (χ0) is 19.6. The lowest BCUT2D eigenvalue weighted by molar-refractivity contribution is -0.137. The Hall–Kier alpha value is -2.86. The lowest BCUT2D eigenvalue weighted by Crippen LogP contribution is -2.38. The smallest absolute Gasteiger partial charge is 0.303 e. The lowest BCUT2D eigenvalue weighted by Gasteiger charge is -2.23. The highest BCUT2D eigenvalue weighted by Gasteiger charge is 2.31. The van der Waals surface area contributed by atoms with Gasteiger partial charge in [0, 0.05) is 29.1 Å². The van der Waals surface area contributed by atoms with Crippen LogP contribution in [0.1, 0.15) is 30.9 Å². The molecule has 0 fully saturated rings. The maximum Gasteiger partial charge on any atom is 0.303 e. The number of carboxylic acid groups (broad SMARTS) is 1. The number of carbonyl (C=O) groups excluding carboxylic acids is 1. The number of aliphatic imine (C=N–C) groups is 1. The summed E-state index contributed by atoms with van der Waals surface area (Å²) < 4.78 is 0. The van der Waals surface area contributed by atoms with E-state index in [0.29, 0.717) is 34.1 Å². The van der Waals surface area contributed by atoms with E-state index in [1.807, 2.05) is 6.92 Å². The van der Waals surface area contributed by atoms with Gasteiger partial charge in [0.1, 0.15) is 11.8 Å². The number of rotatable bonds is 5. The van der Waals surface area contributed by atoms with Gasteiger partial charge >= 0.3 is 5.97 Å². The van der Waals surface area contributed by atoms with Crippen molar-refractivity contribution in [3.8, 4) is 5.75 Å². The van der Waals surface area contributed by atoms with Crippen LogP contribution >= 0.6 is 11.6 Å².